The average molecular weight is 235 g/mol. The highest BCUT2D eigenvalue weighted by atomic mass is 16.5. The minimum atomic E-state index is 0.634. The molecule has 17 heavy (non-hydrogen) atoms. The van der Waals surface area contributed by atoms with Gasteiger partial charge in [-0.25, -0.2) is 0 Å². The molecule has 2 fully saturated rings. The van der Waals surface area contributed by atoms with E-state index in [9.17, 15) is 0 Å². The summed E-state index contributed by atoms with van der Waals surface area (Å²) in [6.07, 6.45) is 5.74. The van der Waals surface area contributed by atoms with Crippen molar-refractivity contribution in [3.63, 3.8) is 0 Å². The average Bonchev–Trinajstić information content (AvgIpc) is 3.09. The number of nitrogens with one attached hydrogen (secondary N) is 1. The van der Waals surface area contributed by atoms with Crippen LogP contribution in [0.1, 0.15) is 31.9 Å². The van der Waals surface area contributed by atoms with Crippen molar-refractivity contribution in [3.05, 3.63) is 18.0 Å². The molecular weight excluding hydrogens is 214 g/mol. The molecule has 2 atom stereocenters. The van der Waals surface area contributed by atoms with Gasteiger partial charge in [-0.15, -0.1) is 0 Å². The number of piperazine rings is 1. The number of hydrogen-bond donors (Lipinski definition) is 1. The monoisotopic (exact) mass is 235 g/mol. The van der Waals surface area contributed by atoms with E-state index in [4.69, 9.17) is 4.52 Å². The van der Waals surface area contributed by atoms with Crippen LogP contribution in [0.15, 0.2) is 16.8 Å². The zero-order valence-corrected chi connectivity index (χ0v) is 10.4. The van der Waals surface area contributed by atoms with Crippen molar-refractivity contribution in [2.45, 2.75) is 44.8 Å². The molecule has 4 heteroatoms. The predicted octanol–water partition coefficient (Wildman–Crippen LogP) is 1.64. The summed E-state index contributed by atoms with van der Waals surface area (Å²) in [5.41, 5.74) is 0. The Labute approximate surface area is 102 Å². The van der Waals surface area contributed by atoms with Crippen LogP contribution < -0.4 is 5.32 Å². The fourth-order valence-electron chi connectivity index (χ4n) is 2.82. The summed E-state index contributed by atoms with van der Waals surface area (Å²) in [5, 5.41) is 7.49. The molecule has 1 aliphatic carbocycles. The van der Waals surface area contributed by atoms with E-state index in [1.54, 1.807) is 6.20 Å². The van der Waals surface area contributed by atoms with Gasteiger partial charge in [0.1, 0.15) is 0 Å². The fraction of sp³-hybridized carbons (Fsp3) is 0.769. The zero-order valence-electron chi connectivity index (χ0n) is 10.4. The lowest BCUT2D eigenvalue weighted by atomic mass is 10.0. The maximum Gasteiger partial charge on any atom is 0.150 e. The highest BCUT2D eigenvalue weighted by Gasteiger charge is 2.36. The van der Waals surface area contributed by atoms with Crippen LogP contribution in [0.25, 0.3) is 0 Å². The molecule has 0 spiro atoms. The Hall–Kier alpha value is -0.870. The highest BCUT2D eigenvalue weighted by molar-refractivity contribution is 4.98. The third-order valence-electron chi connectivity index (χ3n) is 4.08. The summed E-state index contributed by atoms with van der Waals surface area (Å²) in [4.78, 5) is 2.56. The van der Waals surface area contributed by atoms with Gasteiger partial charge in [-0.1, -0.05) is 12.1 Å². The molecule has 1 aliphatic heterocycles. The molecule has 2 aliphatic rings. The first kappa shape index (κ1) is 11.2. The molecule has 1 aromatic rings. The Balaban J connectivity index is 1.64. The first-order valence-corrected chi connectivity index (χ1v) is 6.74. The van der Waals surface area contributed by atoms with Crippen LogP contribution in [0.2, 0.25) is 0 Å². The molecule has 0 bridgehead atoms. The Kier molecular flexibility index (Phi) is 3.16. The van der Waals surface area contributed by atoms with Gasteiger partial charge in [0.15, 0.2) is 5.76 Å². The van der Waals surface area contributed by atoms with Crippen LogP contribution in [0, 0.1) is 5.92 Å². The molecule has 1 saturated heterocycles. The first-order valence-electron chi connectivity index (χ1n) is 6.74. The fourth-order valence-corrected chi connectivity index (χ4v) is 2.82. The van der Waals surface area contributed by atoms with Gasteiger partial charge in [0.05, 0.1) is 12.7 Å². The molecule has 1 N–H and O–H groups in total. The molecule has 94 valence electrons. The largest absolute Gasteiger partial charge is 0.360 e. The van der Waals surface area contributed by atoms with Gasteiger partial charge in [0.25, 0.3) is 0 Å². The summed E-state index contributed by atoms with van der Waals surface area (Å²) < 4.78 is 5.23. The second kappa shape index (κ2) is 4.78. The van der Waals surface area contributed by atoms with E-state index in [0.29, 0.717) is 12.1 Å². The predicted molar refractivity (Wildman–Crippen MR) is 65.5 cm³/mol. The summed E-state index contributed by atoms with van der Waals surface area (Å²) in [6.45, 7) is 5.44. The van der Waals surface area contributed by atoms with Crippen molar-refractivity contribution in [2.24, 2.45) is 5.92 Å². The van der Waals surface area contributed by atoms with Gasteiger partial charge in [0, 0.05) is 31.2 Å². The van der Waals surface area contributed by atoms with Crippen LogP contribution in [0.5, 0.6) is 0 Å². The van der Waals surface area contributed by atoms with E-state index in [0.717, 1.165) is 31.3 Å². The molecule has 4 nitrogen and oxygen atoms in total. The van der Waals surface area contributed by atoms with Gasteiger partial charge < -0.3 is 9.84 Å². The Morgan fingerprint density at radius 3 is 3.06 bits per heavy atom. The van der Waals surface area contributed by atoms with Crippen LogP contribution in [0.4, 0.5) is 0 Å². The molecule has 1 aromatic heterocycles. The maximum atomic E-state index is 5.23. The second-order valence-corrected chi connectivity index (χ2v) is 5.32. The van der Waals surface area contributed by atoms with E-state index < -0.39 is 0 Å². The minimum Gasteiger partial charge on any atom is -0.360 e. The summed E-state index contributed by atoms with van der Waals surface area (Å²) in [6, 6.07) is 3.30. The van der Waals surface area contributed by atoms with E-state index in [1.165, 1.54) is 19.3 Å². The molecule has 2 unspecified atom stereocenters. The third-order valence-corrected chi connectivity index (χ3v) is 4.08. The Bertz CT molecular complexity index is 348. The molecule has 1 saturated carbocycles. The quantitative estimate of drug-likeness (QED) is 0.861. The lowest BCUT2D eigenvalue weighted by Gasteiger charge is -2.39. The first-order chi connectivity index (χ1) is 8.36. The summed E-state index contributed by atoms with van der Waals surface area (Å²) in [7, 11) is 0. The number of hydrogen-bond acceptors (Lipinski definition) is 4. The van der Waals surface area contributed by atoms with Crippen molar-refractivity contribution in [1.82, 2.24) is 15.4 Å². The standard InChI is InChI=1S/C13H21N3O/c1-2-11-7-14-13(10-3-4-10)9-16(11)8-12-5-6-15-17-12/h5-6,10-11,13-14H,2-4,7-9H2,1H3. The summed E-state index contributed by atoms with van der Waals surface area (Å²) >= 11 is 0. The normalized spacial score (nSPS) is 30.6. The van der Waals surface area contributed by atoms with Gasteiger partial charge in [-0.05, 0) is 25.2 Å². The van der Waals surface area contributed by atoms with Crippen LogP contribution in [-0.4, -0.2) is 35.2 Å². The Morgan fingerprint density at radius 1 is 1.53 bits per heavy atom. The molecule has 0 amide bonds. The van der Waals surface area contributed by atoms with Crippen molar-refractivity contribution in [3.8, 4) is 0 Å². The van der Waals surface area contributed by atoms with Crippen molar-refractivity contribution < 1.29 is 4.52 Å². The molecular formula is C13H21N3O. The van der Waals surface area contributed by atoms with Gasteiger partial charge in [0.2, 0.25) is 0 Å². The number of rotatable bonds is 4. The Morgan fingerprint density at radius 2 is 2.41 bits per heavy atom. The molecule has 0 aromatic carbocycles. The summed E-state index contributed by atoms with van der Waals surface area (Å²) in [5.74, 6) is 1.91. The second-order valence-electron chi connectivity index (χ2n) is 5.32. The van der Waals surface area contributed by atoms with Crippen LogP contribution in [-0.2, 0) is 6.54 Å². The number of nitrogens with zero attached hydrogens (tertiary/aromatic N) is 2. The topological polar surface area (TPSA) is 41.3 Å². The highest BCUT2D eigenvalue weighted by Crippen LogP contribution is 2.34. The maximum absolute atomic E-state index is 5.23. The lowest BCUT2D eigenvalue weighted by Crippen LogP contribution is -2.56. The van der Waals surface area contributed by atoms with Crippen LogP contribution in [0.3, 0.4) is 0 Å². The SMILES string of the molecule is CCC1CNC(C2CC2)CN1Cc1ccno1. The van der Waals surface area contributed by atoms with Crippen molar-refractivity contribution in [2.75, 3.05) is 13.1 Å². The van der Waals surface area contributed by atoms with E-state index in [-0.39, 0.29) is 0 Å². The molecule has 0 radical (unpaired) electrons. The van der Waals surface area contributed by atoms with Crippen molar-refractivity contribution >= 4 is 0 Å². The number of aromatic nitrogens is 1. The minimum absolute atomic E-state index is 0.634. The zero-order chi connectivity index (χ0) is 11.7. The third kappa shape index (κ3) is 2.53. The van der Waals surface area contributed by atoms with E-state index in [1.807, 2.05) is 6.07 Å². The van der Waals surface area contributed by atoms with Gasteiger partial charge in [-0.3, -0.25) is 4.90 Å². The lowest BCUT2D eigenvalue weighted by molar-refractivity contribution is 0.101. The van der Waals surface area contributed by atoms with E-state index in [2.05, 4.69) is 22.3 Å². The van der Waals surface area contributed by atoms with E-state index >= 15 is 0 Å². The van der Waals surface area contributed by atoms with Gasteiger partial charge >= 0.3 is 0 Å². The smallest absolute Gasteiger partial charge is 0.150 e. The van der Waals surface area contributed by atoms with Gasteiger partial charge in [-0.2, -0.15) is 0 Å². The molecule has 3 rings (SSSR count). The van der Waals surface area contributed by atoms with Crippen LogP contribution >= 0.6 is 0 Å². The van der Waals surface area contributed by atoms with Crippen molar-refractivity contribution in [1.29, 1.82) is 0 Å². The molecule has 2 heterocycles.